The van der Waals surface area contributed by atoms with E-state index in [0.717, 1.165) is 12.8 Å². The SMILES string of the molecule is CCS(=O)(=O)CC(C)NCC1CCCN1C(=O)OC(C)(C)C. The minimum atomic E-state index is -2.99. The Morgan fingerprint density at radius 2 is 2.05 bits per heavy atom. The molecule has 2 unspecified atom stereocenters. The average molecular weight is 334 g/mol. The molecule has 6 nitrogen and oxygen atoms in total. The molecule has 1 N–H and O–H groups in total. The zero-order valence-electron chi connectivity index (χ0n) is 14.4. The predicted molar refractivity (Wildman–Crippen MR) is 87.8 cm³/mol. The predicted octanol–water partition coefficient (Wildman–Crippen LogP) is 1.80. The van der Waals surface area contributed by atoms with Crippen LogP contribution in [-0.4, -0.2) is 61.7 Å². The van der Waals surface area contributed by atoms with Crippen molar-refractivity contribution in [3.63, 3.8) is 0 Å². The summed E-state index contributed by atoms with van der Waals surface area (Å²) in [5.41, 5.74) is -0.500. The summed E-state index contributed by atoms with van der Waals surface area (Å²) in [7, 11) is -2.99. The standard InChI is InChI=1S/C15H30N2O4S/c1-6-22(19,20)11-12(2)16-10-13-8-7-9-17(13)14(18)21-15(3,4)5/h12-13,16H,6-11H2,1-5H3. The summed E-state index contributed by atoms with van der Waals surface area (Å²) in [6.07, 6.45) is 1.58. The Bertz CT molecular complexity index is 470. The van der Waals surface area contributed by atoms with Crippen LogP contribution in [0.5, 0.6) is 0 Å². The van der Waals surface area contributed by atoms with Gasteiger partial charge in [0.15, 0.2) is 9.84 Å². The molecule has 0 aromatic heterocycles. The summed E-state index contributed by atoms with van der Waals surface area (Å²) < 4.78 is 28.6. The normalized spacial score (nSPS) is 21.0. The lowest BCUT2D eigenvalue weighted by molar-refractivity contribution is 0.0225. The summed E-state index contributed by atoms with van der Waals surface area (Å²) in [5, 5.41) is 3.23. The van der Waals surface area contributed by atoms with Gasteiger partial charge in [0.05, 0.1) is 5.75 Å². The summed E-state index contributed by atoms with van der Waals surface area (Å²) in [6.45, 7) is 10.4. The molecule has 1 aliphatic heterocycles. The van der Waals surface area contributed by atoms with Crippen LogP contribution >= 0.6 is 0 Å². The number of hydrogen-bond acceptors (Lipinski definition) is 5. The molecule has 1 fully saturated rings. The number of sulfone groups is 1. The van der Waals surface area contributed by atoms with Crippen molar-refractivity contribution in [2.45, 2.75) is 65.1 Å². The number of nitrogens with one attached hydrogen (secondary N) is 1. The highest BCUT2D eigenvalue weighted by atomic mass is 32.2. The second-order valence-electron chi connectivity index (χ2n) is 6.98. The van der Waals surface area contributed by atoms with Crippen molar-refractivity contribution in [2.75, 3.05) is 24.6 Å². The van der Waals surface area contributed by atoms with Gasteiger partial charge < -0.3 is 15.0 Å². The van der Waals surface area contributed by atoms with Gasteiger partial charge in [-0.2, -0.15) is 0 Å². The summed E-state index contributed by atoms with van der Waals surface area (Å²) in [4.78, 5) is 13.9. The molecule has 1 amide bonds. The van der Waals surface area contributed by atoms with Gasteiger partial charge in [-0.05, 0) is 40.5 Å². The smallest absolute Gasteiger partial charge is 0.410 e. The van der Waals surface area contributed by atoms with Crippen molar-refractivity contribution in [3.8, 4) is 0 Å². The molecule has 1 saturated heterocycles. The number of hydrogen-bond donors (Lipinski definition) is 1. The molecule has 0 bridgehead atoms. The number of likely N-dealkylation sites (tertiary alicyclic amines) is 1. The van der Waals surface area contributed by atoms with Crippen LogP contribution in [0.1, 0.15) is 47.5 Å². The number of rotatable bonds is 6. The largest absolute Gasteiger partial charge is 0.444 e. The topological polar surface area (TPSA) is 75.7 Å². The molecule has 1 rings (SSSR count). The van der Waals surface area contributed by atoms with Crippen LogP contribution in [0, 0.1) is 0 Å². The fraction of sp³-hybridized carbons (Fsp3) is 0.933. The van der Waals surface area contributed by atoms with Crippen molar-refractivity contribution in [2.24, 2.45) is 0 Å². The van der Waals surface area contributed by atoms with Crippen LogP contribution in [0.15, 0.2) is 0 Å². The Kier molecular flexibility index (Phi) is 6.67. The average Bonchev–Trinajstić information content (AvgIpc) is 2.82. The van der Waals surface area contributed by atoms with Crippen molar-refractivity contribution in [1.29, 1.82) is 0 Å². The first-order valence-corrected chi connectivity index (χ1v) is 9.79. The van der Waals surface area contributed by atoms with Crippen LogP contribution in [-0.2, 0) is 14.6 Å². The molecule has 22 heavy (non-hydrogen) atoms. The Hall–Kier alpha value is -0.820. The fourth-order valence-electron chi connectivity index (χ4n) is 2.50. The molecule has 0 radical (unpaired) electrons. The van der Waals surface area contributed by atoms with Crippen LogP contribution in [0.3, 0.4) is 0 Å². The molecule has 130 valence electrons. The number of nitrogens with zero attached hydrogens (tertiary/aromatic N) is 1. The lowest BCUT2D eigenvalue weighted by atomic mass is 10.2. The number of carbonyl (C=O) groups is 1. The van der Waals surface area contributed by atoms with Gasteiger partial charge in [0.25, 0.3) is 0 Å². The van der Waals surface area contributed by atoms with E-state index in [4.69, 9.17) is 4.74 Å². The van der Waals surface area contributed by atoms with Gasteiger partial charge in [0, 0.05) is 30.9 Å². The molecule has 1 heterocycles. The highest BCUT2D eigenvalue weighted by Crippen LogP contribution is 2.20. The Balaban J connectivity index is 2.49. The van der Waals surface area contributed by atoms with E-state index in [-0.39, 0.29) is 29.7 Å². The molecule has 2 atom stereocenters. The molecule has 0 aromatic rings. The van der Waals surface area contributed by atoms with E-state index < -0.39 is 15.4 Å². The van der Waals surface area contributed by atoms with Gasteiger partial charge >= 0.3 is 6.09 Å². The quantitative estimate of drug-likeness (QED) is 0.801. The maximum Gasteiger partial charge on any atom is 0.410 e. The van der Waals surface area contributed by atoms with Crippen LogP contribution in [0.4, 0.5) is 4.79 Å². The maximum atomic E-state index is 12.2. The molecule has 0 aliphatic carbocycles. The van der Waals surface area contributed by atoms with E-state index in [9.17, 15) is 13.2 Å². The highest BCUT2D eigenvalue weighted by Gasteiger charge is 2.32. The summed E-state index contributed by atoms with van der Waals surface area (Å²) in [5.74, 6) is 0.287. The zero-order chi connectivity index (χ0) is 17.0. The van der Waals surface area contributed by atoms with Gasteiger partial charge in [-0.3, -0.25) is 0 Å². The van der Waals surface area contributed by atoms with E-state index in [1.54, 1.807) is 11.8 Å². The maximum absolute atomic E-state index is 12.2. The third kappa shape index (κ3) is 6.52. The molecular formula is C15H30N2O4S. The number of amides is 1. The number of ether oxygens (including phenoxy) is 1. The second kappa shape index (κ2) is 7.64. The molecule has 0 spiro atoms. The van der Waals surface area contributed by atoms with E-state index >= 15 is 0 Å². The van der Waals surface area contributed by atoms with E-state index in [2.05, 4.69) is 5.32 Å². The van der Waals surface area contributed by atoms with E-state index in [1.807, 2.05) is 27.7 Å². The van der Waals surface area contributed by atoms with Gasteiger partial charge in [-0.25, -0.2) is 13.2 Å². The molecular weight excluding hydrogens is 304 g/mol. The van der Waals surface area contributed by atoms with E-state index in [0.29, 0.717) is 13.1 Å². The summed E-state index contributed by atoms with van der Waals surface area (Å²) in [6, 6.07) is -0.0485. The fourth-order valence-corrected chi connectivity index (χ4v) is 3.62. The first-order valence-electron chi connectivity index (χ1n) is 7.97. The summed E-state index contributed by atoms with van der Waals surface area (Å²) >= 11 is 0. The van der Waals surface area contributed by atoms with Gasteiger partial charge in [0.2, 0.25) is 0 Å². The monoisotopic (exact) mass is 334 g/mol. The highest BCUT2D eigenvalue weighted by molar-refractivity contribution is 7.91. The Morgan fingerprint density at radius 1 is 1.41 bits per heavy atom. The van der Waals surface area contributed by atoms with E-state index in [1.165, 1.54) is 0 Å². The first-order chi connectivity index (χ1) is 10.0. The molecule has 7 heteroatoms. The van der Waals surface area contributed by atoms with Crippen molar-refractivity contribution in [1.82, 2.24) is 10.2 Å². The van der Waals surface area contributed by atoms with Gasteiger partial charge in [0.1, 0.15) is 5.60 Å². The lowest BCUT2D eigenvalue weighted by Gasteiger charge is -2.29. The molecule has 0 saturated carbocycles. The van der Waals surface area contributed by atoms with Gasteiger partial charge in [-0.1, -0.05) is 6.92 Å². The molecule has 0 aromatic carbocycles. The van der Waals surface area contributed by atoms with Gasteiger partial charge in [-0.15, -0.1) is 0 Å². The minimum absolute atomic E-state index is 0.0710. The van der Waals surface area contributed by atoms with Crippen LogP contribution in [0.2, 0.25) is 0 Å². The zero-order valence-corrected chi connectivity index (χ0v) is 15.2. The molecule has 1 aliphatic rings. The lowest BCUT2D eigenvalue weighted by Crippen LogP contribution is -2.46. The minimum Gasteiger partial charge on any atom is -0.444 e. The first kappa shape index (κ1) is 19.2. The van der Waals surface area contributed by atoms with Crippen LogP contribution in [0.25, 0.3) is 0 Å². The third-order valence-corrected chi connectivity index (χ3v) is 5.54. The van der Waals surface area contributed by atoms with Crippen molar-refractivity contribution in [3.05, 3.63) is 0 Å². The third-order valence-electron chi connectivity index (χ3n) is 3.65. The number of carbonyl (C=O) groups excluding carboxylic acids is 1. The van der Waals surface area contributed by atoms with Crippen LogP contribution < -0.4 is 5.32 Å². The van der Waals surface area contributed by atoms with Crippen molar-refractivity contribution >= 4 is 15.9 Å². The van der Waals surface area contributed by atoms with Crippen molar-refractivity contribution < 1.29 is 17.9 Å². The Morgan fingerprint density at radius 3 is 2.59 bits per heavy atom. The second-order valence-corrected chi connectivity index (χ2v) is 9.38. The Labute approximate surface area is 134 Å².